The summed E-state index contributed by atoms with van der Waals surface area (Å²) in [6.45, 7) is 5.45. The summed E-state index contributed by atoms with van der Waals surface area (Å²) in [5, 5.41) is 27.3. The third-order valence-corrected chi connectivity index (χ3v) is 6.68. The Morgan fingerprint density at radius 2 is 1.46 bits per heavy atom. The van der Waals surface area contributed by atoms with Crippen LogP contribution in [0.15, 0.2) is 84.9 Å². The average molecular weight is 532 g/mol. The summed E-state index contributed by atoms with van der Waals surface area (Å²) in [7, 11) is 0. The molecule has 0 aliphatic rings. The number of carbonyl (C=O) groups is 2. The zero-order chi connectivity index (χ0) is 28.0. The molecule has 3 aromatic rings. The van der Waals surface area contributed by atoms with E-state index in [1.165, 1.54) is 0 Å². The number of benzene rings is 3. The average Bonchev–Trinajstić information content (AvgIpc) is 2.97. The minimum atomic E-state index is -0.929. The van der Waals surface area contributed by atoms with Gasteiger partial charge in [0.2, 0.25) is 0 Å². The van der Waals surface area contributed by atoms with Crippen LogP contribution in [0.25, 0.3) is 0 Å². The lowest BCUT2D eigenvalue weighted by Crippen LogP contribution is -2.49. The van der Waals surface area contributed by atoms with E-state index >= 15 is 0 Å². The number of nitrogens with zero attached hydrogens (tertiary/aromatic N) is 1. The maximum Gasteiger partial charge on any atom is 0.253 e. The lowest BCUT2D eigenvalue weighted by atomic mass is 9.99. The Morgan fingerprint density at radius 3 is 2.08 bits per heavy atom. The van der Waals surface area contributed by atoms with Gasteiger partial charge >= 0.3 is 0 Å². The highest BCUT2D eigenvalue weighted by Crippen LogP contribution is 2.14. The van der Waals surface area contributed by atoms with Crippen molar-refractivity contribution in [2.45, 2.75) is 51.3 Å². The fourth-order valence-corrected chi connectivity index (χ4v) is 4.61. The smallest absolute Gasteiger partial charge is 0.253 e. The van der Waals surface area contributed by atoms with Gasteiger partial charge in [-0.15, -0.1) is 0 Å². The van der Waals surface area contributed by atoms with Crippen LogP contribution in [0.4, 0.5) is 0 Å². The third kappa shape index (κ3) is 9.03. The Bertz CT molecular complexity index is 1150. The molecule has 0 fully saturated rings. The van der Waals surface area contributed by atoms with E-state index in [1.807, 2.05) is 79.4 Å². The summed E-state index contributed by atoms with van der Waals surface area (Å²) in [5.74, 6) is -0.446. The Labute approximate surface area is 231 Å². The first kappa shape index (κ1) is 30.0. The van der Waals surface area contributed by atoms with Crippen LogP contribution in [0.5, 0.6) is 0 Å². The molecule has 0 aliphatic carbocycles. The highest BCUT2D eigenvalue weighted by atomic mass is 16.3. The number of carbonyl (C=O) groups excluding carboxylic acids is 2. The number of aliphatic hydroxyl groups is 2. The molecule has 39 heavy (non-hydrogen) atoms. The zero-order valence-corrected chi connectivity index (χ0v) is 22.9. The Morgan fingerprint density at radius 1 is 0.846 bits per heavy atom. The molecule has 0 aliphatic heterocycles. The van der Waals surface area contributed by atoms with Crippen molar-refractivity contribution in [3.8, 4) is 0 Å². The first-order chi connectivity index (χ1) is 19.0. The first-order valence-corrected chi connectivity index (χ1v) is 13.8. The van der Waals surface area contributed by atoms with Gasteiger partial charge in [-0.3, -0.25) is 9.59 Å². The fourth-order valence-electron chi connectivity index (χ4n) is 4.61. The van der Waals surface area contributed by atoms with E-state index in [0.717, 1.165) is 24.0 Å². The van der Waals surface area contributed by atoms with Crippen molar-refractivity contribution >= 4 is 11.8 Å². The van der Waals surface area contributed by atoms with Gasteiger partial charge in [-0.05, 0) is 48.6 Å². The van der Waals surface area contributed by atoms with Crippen LogP contribution in [-0.4, -0.2) is 65.3 Å². The normalized spacial score (nSPS) is 13.3. The van der Waals surface area contributed by atoms with Crippen molar-refractivity contribution in [3.05, 3.63) is 107 Å². The van der Waals surface area contributed by atoms with Gasteiger partial charge in [0.25, 0.3) is 11.8 Å². The molecule has 0 heterocycles. The molecular formula is C32H41N3O4. The van der Waals surface area contributed by atoms with Gasteiger partial charge < -0.3 is 25.7 Å². The maximum absolute atomic E-state index is 13.4. The fraction of sp³-hybridized carbons (Fsp3) is 0.375. The highest BCUT2D eigenvalue weighted by Gasteiger charge is 2.24. The summed E-state index contributed by atoms with van der Waals surface area (Å²) in [5.41, 5.74) is 2.73. The van der Waals surface area contributed by atoms with Crippen LogP contribution < -0.4 is 10.6 Å². The van der Waals surface area contributed by atoms with Crippen molar-refractivity contribution in [3.63, 3.8) is 0 Å². The Kier molecular flexibility index (Phi) is 12.2. The molecule has 3 atom stereocenters. The van der Waals surface area contributed by atoms with Gasteiger partial charge in [0.05, 0.1) is 24.8 Å². The molecule has 0 unspecified atom stereocenters. The predicted molar refractivity (Wildman–Crippen MR) is 155 cm³/mol. The number of rotatable bonds is 15. The van der Waals surface area contributed by atoms with E-state index in [9.17, 15) is 19.8 Å². The largest absolute Gasteiger partial charge is 0.394 e. The Balaban J connectivity index is 1.75. The molecule has 4 N–H and O–H groups in total. The molecule has 0 saturated carbocycles. The second-order valence-corrected chi connectivity index (χ2v) is 9.76. The molecule has 2 amide bonds. The van der Waals surface area contributed by atoms with Crippen LogP contribution in [0.1, 0.15) is 64.6 Å². The number of hydrogen-bond acceptors (Lipinski definition) is 5. The van der Waals surface area contributed by atoms with Crippen LogP contribution in [0, 0.1) is 0 Å². The monoisotopic (exact) mass is 531 g/mol. The van der Waals surface area contributed by atoms with Crippen LogP contribution in [0.3, 0.4) is 0 Å². The predicted octanol–water partition coefficient (Wildman–Crippen LogP) is 3.97. The molecule has 0 bridgehead atoms. The molecule has 0 saturated heterocycles. The van der Waals surface area contributed by atoms with Crippen molar-refractivity contribution in [1.29, 1.82) is 0 Å². The first-order valence-electron chi connectivity index (χ1n) is 13.8. The minimum Gasteiger partial charge on any atom is -0.394 e. The topological polar surface area (TPSA) is 102 Å². The van der Waals surface area contributed by atoms with E-state index in [4.69, 9.17) is 0 Å². The van der Waals surface area contributed by atoms with E-state index in [0.29, 0.717) is 30.6 Å². The second-order valence-electron chi connectivity index (χ2n) is 9.76. The van der Waals surface area contributed by atoms with Crippen molar-refractivity contribution in [2.24, 2.45) is 0 Å². The number of nitrogens with one attached hydrogen (secondary N) is 2. The molecule has 7 heteroatoms. The van der Waals surface area contributed by atoms with E-state index in [2.05, 4.69) is 10.6 Å². The Hall–Kier alpha value is -3.52. The van der Waals surface area contributed by atoms with Gasteiger partial charge in [0.1, 0.15) is 0 Å². The molecule has 7 nitrogen and oxygen atoms in total. The summed E-state index contributed by atoms with van der Waals surface area (Å²) in [6, 6.07) is 25.0. The molecule has 0 aromatic heterocycles. The molecule has 3 aromatic carbocycles. The summed E-state index contributed by atoms with van der Waals surface area (Å²) >= 11 is 0. The van der Waals surface area contributed by atoms with Gasteiger partial charge in [-0.2, -0.15) is 0 Å². The quantitative estimate of drug-likeness (QED) is 0.238. The maximum atomic E-state index is 13.4. The molecule has 208 valence electrons. The lowest BCUT2D eigenvalue weighted by molar-refractivity contribution is 0.0755. The summed E-state index contributed by atoms with van der Waals surface area (Å²) < 4.78 is 0. The molecule has 0 radical (unpaired) electrons. The molecule has 3 rings (SSSR count). The summed E-state index contributed by atoms with van der Waals surface area (Å²) in [4.78, 5) is 28.3. The van der Waals surface area contributed by atoms with E-state index in [1.54, 1.807) is 24.3 Å². The second kappa shape index (κ2) is 15.8. The number of aliphatic hydroxyl groups excluding tert-OH is 2. The van der Waals surface area contributed by atoms with Crippen LogP contribution in [-0.2, 0) is 6.42 Å². The van der Waals surface area contributed by atoms with Crippen LogP contribution in [0.2, 0.25) is 0 Å². The van der Waals surface area contributed by atoms with E-state index in [-0.39, 0.29) is 31.0 Å². The van der Waals surface area contributed by atoms with Gasteiger partial charge in [0.15, 0.2) is 0 Å². The van der Waals surface area contributed by atoms with Gasteiger partial charge in [0, 0.05) is 30.8 Å². The number of amides is 2. The van der Waals surface area contributed by atoms with Gasteiger partial charge in [-0.1, -0.05) is 80.6 Å². The highest BCUT2D eigenvalue weighted by molar-refractivity contribution is 5.99. The van der Waals surface area contributed by atoms with Crippen LogP contribution >= 0.6 is 0 Å². The zero-order valence-electron chi connectivity index (χ0n) is 22.9. The molecule has 0 spiro atoms. The number of hydrogen-bond donors (Lipinski definition) is 4. The minimum absolute atomic E-state index is 0.0885. The standard InChI is InChI=1S/C32H41N3O4/c1-3-18-35(19-4-2)32(39)27-17-11-16-26(21-27)31(38)34-28(20-24-12-7-5-8-13-24)30(37)22-33-29(23-36)25-14-9-6-10-15-25/h5-17,21,28-30,33,36-37H,3-4,18-20,22-23H2,1-2H3,(H,34,38)/t28-,29-,30+/m0/s1. The van der Waals surface area contributed by atoms with Crippen molar-refractivity contribution < 1.29 is 19.8 Å². The lowest BCUT2D eigenvalue weighted by Gasteiger charge is -2.27. The van der Waals surface area contributed by atoms with Crippen molar-refractivity contribution in [1.82, 2.24) is 15.5 Å². The molecular weight excluding hydrogens is 490 g/mol. The SMILES string of the molecule is CCCN(CCC)C(=O)c1cccc(C(=O)N[C@@H](Cc2ccccc2)[C@H](O)CN[C@@H](CO)c2ccccc2)c1. The van der Waals surface area contributed by atoms with E-state index < -0.39 is 12.1 Å². The van der Waals surface area contributed by atoms with Gasteiger partial charge in [-0.25, -0.2) is 0 Å². The summed E-state index contributed by atoms with van der Waals surface area (Å²) in [6.07, 6.45) is 1.21. The third-order valence-electron chi connectivity index (χ3n) is 6.68. The van der Waals surface area contributed by atoms with Crippen molar-refractivity contribution in [2.75, 3.05) is 26.2 Å².